The van der Waals surface area contributed by atoms with Crippen molar-refractivity contribution in [3.05, 3.63) is 35.4 Å². The third-order valence-electron chi connectivity index (χ3n) is 4.61. The molecule has 20 heavy (non-hydrogen) atoms. The molecule has 3 heteroatoms. The molecule has 2 fully saturated rings. The van der Waals surface area contributed by atoms with Crippen LogP contribution in [0.1, 0.15) is 36.8 Å². The Kier molecular flexibility index (Phi) is 4.39. The van der Waals surface area contributed by atoms with Gasteiger partial charge in [0.2, 0.25) is 0 Å². The lowest BCUT2D eigenvalue weighted by molar-refractivity contribution is -0.140. The van der Waals surface area contributed by atoms with Gasteiger partial charge in [-0.15, -0.1) is 0 Å². The molecule has 0 saturated carbocycles. The van der Waals surface area contributed by atoms with Crippen LogP contribution in [0, 0.1) is 6.92 Å². The van der Waals surface area contributed by atoms with E-state index in [0.717, 1.165) is 52.0 Å². The molecule has 2 aliphatic heterocycles. The average molecular weight is 275 g/mol. The molecule has 0 amide bonds. The molecule has 3 nitrogen and oxygen atoms in total. The van der Waals surface area contributed by atoms with Gasteiger partial charge >= 0.3 is 0 Å². The number of hydrogen-bond donors (Lipinski definition) is 1. The van der Waals surface area contributed by atoms with Gasteiger partial charge in [-0.3, -0.25) is 0 Å². The zero-order chi connectivity index (χ0) is 13.8. The van der Waals surface area contributed by atoms with Crippen LogP contribution in [0.3, 0.4) is 0 Å². The fourth-order valence-corrected chi connectivity index (χ4v) is 3.26. The van der Waals surface area contributed by atoms with Gasteiger partial charge in [-0.05, 0) is 38.2 Å². The van der Waals surface area contributed by atoms with Gasteiger partial charge in [0.15, 0.2) is 0 Å². The van der Waals surface area contributed by atoms with Gasteiger partial charge in [0.05, 0.1) is 5.60 Å². The van der Waals surface area contributed by atoms with E-state index in [1.54, 1.807) is 0 Å². The highest BCUT2D eigenvalue weighted by Gasteiger charge is 2.38. The number of aryl methyl sites for hydroxylation is 1. The second kappa shape index (κ2) is 6.25. The SMILES string of the molecule is Cc1ccc(CNC2CCOC3(CCOCC3)C2)cc1. The highest BCUT2D eigenvalue weighted by molar-refractivity contribution is 5.21. The van der Waals surface area contributed by atoms with Crippen molar-refractivity contribution >= 4 is 0 Å². The summed E-state index contributed by atoms with van der Waals surface area (Å²) in [6.07, 6.45) is 4.35. The van der Waals surface area contributed by atoms with Crippen LogP contribution in [0.25, 0.3) is 0 Å². The highest BCUT2D eigenvalue weighted by atomic mass is 16.5. The van der Waals surface area contributed by atoms with Gasteiger partial charge in [-0.1, -0.05) is 29.8 Å². The molecule has 2 saturated heterocycles. The molecule has 1 aromatic carbocycles. The largest absolute Gasteiger partial charge is 0.381 e. The Balaban J connectivity index is 1.53. The lowest BCUT2D eigenvalue weighted by atomic mass is 9.84. The van der Waals surface area contributed by atoms with Gasteiger partial charge in [-0.2, -0.15) is 0 Å². The van der Waals surface area contributed by atoms with Crippen molar-refractivity contribution in [2.75, 3.05) is 19.8 Å². The molecule has 1 N–H and O–H groups in total. The maximum absolute atomic E-state index is 6.08. The quantitative estimate of drug-likeness (QED) is 0.920. The van der Waals surface area contributed by atoms with E-state index in [4.69, 9.17) is 9.47 Å². The fraction of sp³-hybridized carbons (Fsp3) is 0.647. The lowest BCUT2D eigenvalue weighted by Crippen LogP contribution is -2.49. The van der Waals surface area contributed by atoms with Crippen LogP contribution in [0.2, 0.25) is 0 Å². The van der Waals surface area contributed by atoms with Gasteiger partial charge in [-0.25, -0.2) is 0 Å². The summed E-state index contributed by atoms with van der Waals surface area (Å²) in [6.45, 7) is 5.67. The van der Waals surface area contributed by atoms with Crippen molar-refractivity contribution in [3.63, 3.8) is 0 Å². The van der Waals surface area contributed by atoms with Crippen LogP contribution in [0.4, 0.5) is 0 Å². The number of nitrogens with one attached hydrogen (secondary N) is 1. The standard InChI is InChI=1S/C17H25NO2/c1-14-2-4-15(5-3-14)13-18-16-6-9-20-17(12-16)7-10-19-11-8-17/h2-5,16,18H,6-13H2,1H3. The molecule has 110 valence electrons. The Morgan fingerprint density at radius 2 is 1.90 bits per heavy atom. The minimum atomic E-state index is 0.0848. The predicted octanol–water partition coefficient (Wildman–Crippen LogP) is 2.81. The molecule has 1 atom stereocenters. The Morgan fingerprint density at radius 1 is 1.15 bits per heavy atom. The zero-order valence-corrected chi connectivity index (χ0v) is 12.4. The maximum atomic E-state index is 6.08. The van der Waals surface area contributed by atoms with E-state index in [1.165, 1.54) is 11.1 Å². The van der Waals surface area contributed by atoms with Crippen molar-refractivity contribution in [2.45, 2.75) is 50.8 Å². The fourth-order valence-electron chi connectivity index (χ4n) is 3.26. The summed E-state index contributed by atoms with van der Waals surface area (Å²) in [5.41, 5.74) is 2.77. The lowest BCUT2D eigenvalue weighted by Gasteiger charge is -2.43. The molecule has 0 radical (unpaired) electrons. The third-order valence-corrected chi connectivity index (χ3v) is 4.61. The monoisotopic (exact) mass is 275 g/mol. The summed E-state index contributed by atoms with van der Waals surface area (Å²) in [5.74, 6) is 0. The maximum Gasteiger partial charge on any atom is 0.0741 e. The predicted molar refractivity (Wildman–Crippen MR) is 79.8 cm³/mol. The molecule has 0 bridgehead atoms. The molecule has 2 heterocycles. The van der Waals surface area contributed by atoms with Crippen molar-refractivity contribution in [3.8, 4) is 0 Å². The van der Waals surface area contributed by atoms with Gasteiger partial charge in [0, 0.05) is 32.4 Å². The van der Waals surface area contributed by atoms with E-state index in [1.807, 2.05) is 0 Å². The molecule has 2 aliphatic rings. The Labute approximate surface area is 121 Å². The van der Waals surface area contributed by atoms with Gasteiger partial charge in [0.1, 0.15) is 0 Å². The Morgan fingerprint density at radius 3 is 2.65 bits per heavy atom. The van der Waals surface area contributed by atoms with E-state index < -0.39 is 0 Å². The van der Waals surface area contributed by atoms with Crippen LogP contribution in [-0.4, -0.2) is 31.5 Å². The molecular weight excluding hydrogens is 250 g/mol. The molecule has 3 rings (SSSR count). The third kappa shape index (κ3) is 3.40. The molecule has 0 aliphatic carbocycles. The minimum absolute atomic E-state index is 0.0848. The second-order valence-corrected chi connectivity index (χ2v) is 6.20. The molecular formula is C17H25NO2. The normalized spacial score (nSPS) is 25.8. The summed E-state index contributed by atoms with van der Waals surface area (Å²) in [6, 6.07) is 9.36. The summed E-state index contributed by atoms with van der Waals surface area (Å²) in [5, 5.41) is 3.71. The number of hydrogen-bond acceptors (Lipinski definition) is 3. The second-order valence-electron chi connectivity index (χ2n) is 6.20. The van der Waals surface area contributed by atoms with Gasteiger partial charge in [0.25, 0.3) is 0 Å². The summed E-state index contributed by atoms with van der Waals surface area (Å²) < 4.78 is 11.6. The van der Waals surface area contributed by atoms with Gasteiger partial charge < -0.3 is 14.8 Å². The topological polar surface area (TPSA) is 30.5 Å². The minimum Gasteiger partial charge on any atom is -0.381 e. The van der Waals surface area contributed by atoms with E-state index in [0.29, 0.717) is 6.04 Å². The first kappa shape index (κ1) is 14.1. The van der Waals surface area contributed by atoms with Crippen molar-refractivity contribution in [1.82, 2.24) is 5.32 Å². The number of ether oxygens (including phenoxy) is 2. The average Bonchev–Trinajstić information content (AvgIpc) is 2.48. The van der Waals surface area contributed by atoms with E-state index >= 15 is 0 Å². The highest BCUT2D eigenvalue weighted by Crippen LogP contribution is 2.34. The first-order valence-corrected chi connectivity index (χ1v) is 7.76. The molecule has 0 aromatic heterocycles. The van der Waals surface area contributed by atoms with Crippen LogP contribution in [-0.2, 0) is 16.0 Å². The van der Waals surface area contributed by atoms with E-state index in [-0.39, 0.29) is 5.60 Å². The van der Waals surface area contributed by atoms with Crippen LogP contribution < -0.4 is 5.32 Å². The molecule has 1 unspecified atom stereocenters. The Hall–Kier alpha value is -0.900. The van der Waals surface area contributed by atoms with Crippen molar-refractivity contribution < 1.29 is 9.47 Å². The van der Waals surface area contributed by atoms with E-state index in [9.17, 15) is 0 Å². The number of rotatable bonds is 3. The van der Waals surface area contributed by atoms with Crippen molar-refractivity contribution in [1.29, 1.82) is 0 Å². The summed E-state index contributed by atoms with van der Waals surface area (Å²) in [7, 11) is 0. The van der Waals surface area contributed by atoms with E-state index in [2.05, 4.69) is 36.5 Å². The van der Waals surface area contributed by atoms with Crippen LogP contribution in [0.15, 0.2) is 24.3 Å². The zero-order valence-electron chi connectivity index (χ0n) is 12.4. The van der Waals surface area contributed by atoms with Crippen LogP contribution in [0.5, 0.6) is 0 Å². The molecule has 1 spiro atoms. The van der Waals surface area contributed by atoms with Crippen LogP contribution >= 0.6 is 0 Å². The number of benzene rings is 1. The Bertz CT molecular complexity index is 418. The summed E-state index contributed by atoms with van der Waals surface area (Å²) >= 11 is 0. The molecule has 1 aromatic rings. The smallest absolute Gasteiger partial charge is 0.0741 e. The first-order chi connectivity index (χ1) is 9.76. The first-order valence-electron chi connectivity index (χ1n) is 7.76. The summed E-state index contributed by atoms with van der Waals surface area (Å²) in [4.78, 5) is 0. The van der Waals surface area contributed by atoms with Crippen molar-refractivity contribution in [2.24, 2.45) is 0 Å².